The summed E-state index contributed by atoms with van der Waals surface area (Å²) in [5.74, 6) is -5.02. The topological polar surface area (TPSA) is 92.3 Å². The molecule has 0 aliphatic carbocycles. The average molecular weight is 380 g/mol. The minimum Gasteiger partial charge on any atom is -0.277 e. The number of benzene rings is 2. The Balaban J connectivity index is 2.46. The molecule has 0 amide bonds. The smallest absolute Gasteiger partial charge is 0.262 e. The Morgan fingerprint density at radius 1 is 0.833 bits per heavy atom. The van der Waals surface area contributed by atoms with E-state index in [1.807, 2.05) is 4.72 Å². The highest BCUT2D eigenvalue weighted by molar-refractivity contribution is 7.93. The number of nitrogens with one attached hydrogen (secondary N) is 2. The molecule has 0 aromatic heterocycles. The first kappa shape index (κ1) is 18.2. The summed E-state index contributed by atoms with van der Waals surface area (Å²) in [7, 11) is -7.18. The molecule has 0 heterocycles. The highest BCUT2D eigenvalue weighted by atomic mass is 32.2. The fourth-order valence-corrected chi connectivity index (χ4v) is 3.69. The second-order valence-corrected chi connectivity index (χ2v) is 8.08. The van der Waals surface area contributed by atoms with Gasteiger partial charge in [0, 0.05) is 0 Å². The molecule has 2 rings (SSSR count). The van der Waals surface area contributed by atoms with Crippen LogP contribution in [0.15, 0.2) is 46.2 Å². The third-order valence-corrected chi connectivity index (χ3v) is 5.75. The standard InChI is InChI=1S/C13H11F3N2O4S2/c1-17-23(19,20)8-3-2-4-9(7-8)24(21,22)18-11-6-5-10(14)12(15)13(11)16/h2-7,17-18H,1H3. The van der Waals surface area contributed by atoms with Gasteiger partial charge in [-0.05, 0) is 37.4 Å². The average Bonchev–Trinajstić information content (AvgIpc) is 2.55. The molecule has 0 radical (unpaired) electrons. The number of rotatable bonds is 5. The van der Waals surface area contributed by atoms with Crippen molar-refractivity contribution in [1.82, 2.24) is 4.72 Å². The zero-order valence-electron chi connectivity index (χ0n) is 12.0. The minimum atomic E-state index is -4.43. The van der Waals surface area contributed by atoms with Gasteiger partial charge >= 0.3 is 0 Å². The lowest BCUT2D eigenvalue weighted by atomic mass is 10.3. The summed E-state index contributed by atoms with van der Waals surface area (Å²) in [6.07, 6.45) is 0. The van der Waals surface area contributed by atoms with E-state index in [2.05, 4.69) is 0 Å². The molecule has 24 heavy (non-hydrogen) atoms. The van der Waals surface area contributed by atoms with Crippen LogP contribution in [0.25, 0.3) is 0 Å². The summed E-state index contributed by atoms with van der Waals surface area (Å²) in [6, 6.07) is 5.49. The lowest BCUT2D eigenvalue weighted by Crippen LogP contribution is -2.20. The molecule has 2 N–H and O–H groups in total. The fraction of sp³-hybridized carbons (Fsp3) is 0.0769. The molecule has 0 saturated heterocycles. The van der Waals surface area contributed by atoms with E-state index in [0.29, 0.717) is 12.1 Å². The van der Waals surface area contributed by atoms with Gasteiger partial charge in [0.25, 0.3) is 10.0 Å². The van der Waals surface area contributed by atoms with E-state index >= 15 is 0 Å². The Kier molecular flexibility index (Phi) is 4.87. The maximum atomic E-state index is 13.6. The molecule has 2 aromatic rings. The van der Waals surface area contributed by atoms with Crippen LogP contribution in [0.2, 0.25) is 0 Å². The molecule has 0 aliphatic heterocycles. The van der Waals surface area contributed by atoms with E-state index in [1.54, 1.807) is 4.72 Å². The third kappa shape index (κ3) is 3.52. The van der Waals surface area contributed by atoms with Crippen LogP contribution in [0.5, 0.6) is 0 Å². The van der Waals surface area contributed by atoms with Gasteiger partial charge in [-0.25, -0.2) is 34.7 Å². The normalized spacial score (nSPS) is 12.2. The van der Waals surface area contributed by atoms with E-state index in [9.17, 15) is 30.0 Å². The van der Waals surface area contributed by atoms with E-state index in [-0.39, 0.29) is 4.90 Å². The Morgan fingerprint density at radius 2 is 1.42 bits per heavy atom. The van der Waals surface area contributed by atoms with Crippen molar-refractivity contribution in [2.24, 2.45) is 0 Å². The molecule has 0 unspecified atom stereocenters. The molecule has 0 spiro atoms. The molecular weight excluding hydrogens is 369 g/mol. The monoisotopic (exact) mass is 380 g/mol. The molecule has 0 fully saturated rings. The summed E-state index contributed by atoms with van der Waals surface area (Å²) in [5.41, 5.74) is -0.809. The largest absolute Gasteiger partial charge is 0.277 e. The van der Waals surface area contributed by atoms with E-state index in [0.717, 1.165) is 25.2 Å². The fourth-order valence-electron chi connectivity index (χ4n) is 1.73. The molecule has 0 saturated carbocycles. The second kappa shape index (κ2) is 6.42. The number of sulfonamides is 2. The van der Waals surface area contributed by atoms with Crippen molar-refractivity contribution in [2.75, 3.05) is 11.8 Å². The number of hydrogen-bond donors (Lipinski definition) is 2. The zero-order chi connectivity index (χ0) is 18.1. The van der Waals surface area contributed by atoms with E-state index in [4.69, 9.17) is 0 Å². The van der Waals surface area contributed by atoms with Crippen LogP contribution in [-0.2, 0) is 20.0 Å². The highest BCUT2D eigenvalue weighted by Crippen LogP contribution is 2.23. The van der Waals surface area contributed by atoms with Crippen molar-refractivity contribution < 1.29 is 30.0 Å². The quantitative estimate of drug-likeness (QED) is 0.774. The lowest BCUT2D eigenvalue weighted by Gasteiger charge is -2.11. The van der Waals surface area contributed by atoms with E-state index < -0.39 is 48.1 Å². The summed E-state index contributed by atoms with van der Waals surface area (Å²) in [4.78, 5) is -0.832. The maximum absolute atomic E-state index is 13.6. The predicted molar refractivity (Wildman–Crippen MR) is 79.8 cm³/mol. The molecular formula is C13H11F3N2O4S2. The second-order valence-electron chi connectivity index (χ2n) is 4.51. The Hall–Kier alpha value is -2.11. The van der Waals surface area contributed by atoms with Crippen molar-refractivity contribution in [3.05, 3.63) is 53.8 Å². The van der Waals surface area contributed by atoms with Gasteiger partial charge in [0.1, 0.15) is 0 Å². The third-order valence-electron chi connectivity index (χ3n) is 2.97. The number of anilines is 1. The summed E-state index contributed by atoms with van der Waals surface area (Å²) in [5, 5.41) is 0. The SMILES string of the molecule is CNS(=O)(=O)c1cccc(S(=O)(=O)Nc2ccc(F)c(F)c2F)c1. The Morgan fingerprint density at radius 3 is 2.00 bits per heavy atom. The van der Waals surface area contributed by atoms with Gasteiger partial charge in [-0.2, -0.15) is 0 Å². The van der Waals surface area contributed by atoms with Crippen LogP contribution in [0.1, 0.15) is 0 Å². The molecule has 0 aliphatic rings. The molecule has 6 nitrogen and oxygen atoms in total. The van der Waals surface area contributed by atoms with Crippen LogP contribution in [0.3, 0.4) is 0 Å². The minimum absolute atomic E-state index is 0.335. The van der Waals surface area contributed by atoms with Gasteiger partial charge in [0.15, 0.2) is 17.5 Å². The first-order chi connectivity index (χ1) is 11.1. The van der Waals surface area contributed by atoms with Gasteiger partial charge in [0.2, 0.25) is 10.0 Å². The van der Waals surface area contributed by atoms with Crippen molar-refractivity contribution in [3.63, 3.8) is 0 Å². The van der Waals surface area contributed by atoms with Crippen molar-refractivity contribution in [3.8, 4) is 0 Å². The van der Waals surface area contributed by atoms with Gasteiger partial charge in [0.05, 0.1) is 15.5 Å². The van der Waals surface area contributed by atoms with Gasteiger partial charge in [-0.15, -0.1) is 0 Å². The lowest BCUT2D eigenvalue weighted by molar-refractivity contribution is 0.449. The summed E-state index contributed by atoms with van der Waals surface area (Å²) >= 11 is 0. The van der Waals surface area contributed by atoms with Crippen molar-refractivity contribution in [1.29, 1.82) is 0 Å². The zero-order valence-corrected chi connectivity index (χ0v) is 13.7. The summed E-state index contributed by atoms with van der Waals surface area (Å²) in [6.45, 7) is 0. The van der Waals surface area contributed by atoms with Gasteiger partial charge < -0.3 is 0 Å². The van der Waals surface area contributed by atoms with Crippen LogP contribution < -0.4 is 9.44 Å². The molecule has 130 valence electrons. The summed E-state index contributed by atoms with van der Waals surface area (Å²) < 4.78 is 91.2. The van der Waals surface area contributed by atoms with Gasteiger partial charge in [-0.3, -0.25) is 4.72 Å². The molecule has 2 aromatic carbocycles. The molecule has 11 heteroatoms. The molecule has 0 bridgehead atoms. The van der Waals surface area contributed by atoms with Gasteiger partial charge in [-0.1, -0.05) is 6.07 Å². The number of hydrogen-bond acceptors (Lipinski definition) is 4. The Bertz CT molecular complexity index is 992. The highest BCUT2D eigenvalue weighted by Gasteiger charge is 2.22. The van der Waals surface area contributed by atoms with Crippen LogP contribution in [-0.4, -0.2) is 23.9 Å². The van der Waals surface area contributed by atoms with Crippen LogP contribution in [0.4, 0.5) is 18.9 Å². The first-order valence-electron chi connectivity index (χ1n) is 6.28. The van der Waals surface area contributed by atoms with Crippen LogP contribution in [0, 0.1) is 17.5 Å². The number of halogens is 3. The molecule has 0 atom stereocenters. The van der Waals surface area contributed by atoms with Crippen molar-refractivity contribution in [2.45, 2.75) is 9.79 Å². The van der Waals surface area contributed by atoms with Crippen LogP contribution >= 0.6 is 0 Å². The Labute approximate surface area is 136 Å². The van der Waals surface area contributed by atoms with Crippen molar-refractivity contribution >= 4 is 25.7 Å². The first-order valence-corrected chi connectivity index (χ1v) is 9.25. The predicted octanol–water partition coefficient (Wildman–Crippen LogP) is 1.81. The maximum Gasteiger partial charge on any atom is 0.262 e. The van der Waals surface area contributed by atoms with E-state index in [1.165, 1.54) is 6.07 Å².